The Morgan fingerprint density at radius 3 is 2.43 bits per heavy atom. The van der Waals surface area contributed by atoms with Gasteiger partial charge >= 0.3 is 6.03 Å². The number of nitrogens with one attached hydrogen (secondary N) is 1. The molecule has 0 aliphatic carbocycles. The molecule has 7 heteroatoms. The van der Waals surface area contributed by atoms with E-state index in [1.807, 2.05) is 6.92 Å². The van der Waals surface area contributed by atoms with Gasteiger partial charge in [-0.2, -0.15) is 0 Å². The minimum atomic E-state index is -1.24. The summed E-state index contributed by atoms with van der Waals surface area (Å²) in [6.07, 6.45) is 1.93. The van der Waals surface area contributed by atoms with Crippen LogP contribution in [-0.4, -0.2) is 23.9 Å². The minimum Gasteiger partial charge on any atom is -0.494 e. The molecule has 5 nitrogen and oxygen atoms in total. The molecule has 148 valence electrons. The Morgan fingerprint density at radius 1 is 1.11 bits per heavy atom. The van der Waals surface area contributed by atoms with Gasteiger partial charge in [-0.1, -0.05) is 38.0 Å². The van der Waals surface area contributed by atoms with E-state index >= 15 is 0 Å². The zero-order chi connectivity index (χ0) is 20.3. The summed E-state index contributed by atoms with van der Waals surface area (Å²) in [5.41, 5.74) is -0.248. The van der Waals surface area contributed by atoms with Gasteiger partial charge in [-0.15, -0.1) is 0 Å². The van der Waals surface area contributed by atoms with E-state index in [-0.39, 0.29) is 12.3 Å². The summed E-state index contributed by atoms with van der Waals surface area (Å²) in [7, 11) is 1.36. The summed E-state index contributed by atoms with van der Waals surface area (Å²) >= 11 is 0. The Kier molecular flexibility index (Phi) is 5.63. The molecule has 28 heavy (non-hydrogen) atoms. The largest absolute Gasteiger partial charge is 0.494 e. The molecule has 0 bridgehead atoms. The van der Waals surface area contributed by atoms with E-state index in [4.69, 9.17) is 4.74 Å². The highest BCUT2D eigenvalue weighted by atomic mass is 19.1. The van der Waals surface area contributed by atoms with Crippen molar-refractivity contribution in [1.29, 1.82) is 0 Å². The molecular weight excluding hydrogens is 366 g/mol. The second kappa shape index (κ2) is 7.96. The lowest BCUT2D eigenvalue weighted by Gasteiger charge is -2.27. The van der Waals surface area contributed by atoms with E-state index in [2.05, 4.69) is 5.32 Å². The first-order chi connectivity index (χ1) is 13.4. The van der Waals surface area contributed by atoms with E-state index in [1.165, 1.54) is 43.5 Å². The van der Waals surface area contributed by atoms with Crippen molar-refractivity contribution in [3.63, 3.8) is 0 Å². The van der Waals surface area contributed by atoms with Crippen molar-refractivity contribution in [3.8, 4) is 5.75 Å². The predicted molar refractivity (Wildman–Crippen MR) is 99.6 cm³/mol. The normalized spacial score (nSPS) is 19.1. The van der Waals surface area contributed by atoms with Crippen molar-refractivity contribution >= 4 is 11.9 Å². The molecule has 1 heterocycles. The number of rotatable bonds is 7. The van der Waals surface area contributed by atoms with Crippen molar-refractivity contribution in [2.24, 2.45) is 0 Å². The summed E-state index contributed by atoms with van der Waals surface area (Å²) in [4.78, 5) is 27.0. The first kappa shape index (κ1) is 19.8. The summed E-state index contributed by atoms with van der Waals surface area (Å²) < 4.78 is 32.2. The first-order valence-corrected chi connectivity index (χ1v) is 9.14. The van der Waals surface area contributed by atoms with Crippen LogP contribution < -0.4 is 10.1 Å². The van der Waals surface area contributed by atoms with Gasteiger partial charge in [0, 0.05) is 0 Å². The third-order valence-electron chi connectivity index (χ3n) is 4.97. The fourth-order valence-electron chi connectivity index (χ4n) is 3.45. The molecule has 1 N–H and O–H groups in total. The second-order valence-electron chi connectivity index (χ2n) is 6.81. The van der Waals surface area contributed by atoms with E-state index < -0.39 is 29.1 Å². The smallest absolute Gasteiger partial charge is 0.325 e. The van der Waals surface area contributed by atoms with Gasteiger partial charge in [0.1, 0.15) is 11.4 Å². The quantitative estimate of drug-likeness (QED) is 0.726. The Bertz CT molecular complexity index is 886. The van der Waals surface area contributed by atoms with Crippen LogP contribution >= 0.6 is 0 Å². The number of unbranched alkanes of at least 4 members (excludes halogenated alkanes) is 1. The molecule has 2 aromatic rings. The second-order valence-corrected chi connectivity index (χ2v) is 6.81. The molecule has 2 aromatic carbocycles. The SMILES string of the molecule is CCCC[C@]1(c2ccc(F)cc2)NC(=O)N(Cc2ccc(OC)c(F)c2)C1=O. The van der Waals surface area contributed by atoms with Crippen LogP contribution in [0.3, 0.4) is 0 Å². The summed E-state index contributed by atoms with van der Waals surface area (Å²) in [6.45, 7) is 1.91. The highest BCUT2D eigenvalue weighted by Gasteiger charge is 2.51. The Hall–Kier alpha value is -2.96. The van der Waals surface area contributed by atoms with Crippen LogP contribution in [0.5, 0.6) is 5.75 Å². The highest BCUT2D eigenvalue weighted by molar-refractivity contribution is 6.07. The van der Waals surface area contributed by atoms with Gasteiger partial charge < -0.3 is 10.1 Å². The van der Waals surface area contributed by atoms with Gasteiger partial charge in [-0.05, 0) is 41.8 Å². The topological polar surface area (TPSA) is 58.6 Å². The highest BCUT2D eigenvalue weighted by Crippen LogP contribution is 2.35. The maximum absolute atomic E-state index is 14.0. The number of hydrogen-bond donors (Lipinski definition) is 1. The number of nitrogens with zero attached hydrogens (tertiary/aromatic N) is 1. The van der Waals surface area contributed by atoms with Crippen LogP contribution in [0.25, 0.3) is 0 Å². The summed E-state index contributed by atoms with van der Waals surface area (Å²) in [5, 5.41) is 2.79. The average molecular weight is 388 g/mol. The van der Waals surface area contributed by atoms with E-state index in [0.717, 1.165) is 11.3 Å². The van der Waals surface area contributed by atoms with Gasteiger partial charge in [0.05, 0.1) is 13.7 Å². The van der Waals surface area contributed by atoms with Crippen LogP contribution in [0.15, 0.2) is 42.5 Å². The number of carbonyl (C=O) groups excluding carboxylic acids is 2. The molecule has 1 aliphatic heterocycles. The third kappa shape index (κ3) is 3.56. The number of benzene rings is 2. The first-order valence-electron chi connectivity index (χ1n) is 9.14. The van der Waals surface area contributed by atoms with Crippen molar-refractivity contribution in [1.82, 2.24) is 10.2 Å². The monoisotopic (exact) mass is 388 g/mol. The number of carbonyl (C=O) groups is 2. The zero-order valence-corrected chi connectivity index (χ0v) is 15.8. The van der Waals surface area contributed by atoms with Crippen LogP contribution in [0.4, 0.5) is 13.6 Å². The fourth-order valence-corrected chi connectivity index (χ4v) is 3.45. The number of hydrogen-bond acceptors (Lipinski definition) is 3. The zero-order valence-electron chi connectivity index (χ0n) is 15.8. The molecule has 3 rings (SSSR count). The lowest BCUT2D eigenvalue weighted by molar-refractivity contribution is -0.132. The molecular formula is C21H22F2N2O3. The number of ether oxygens (including phenoxy) is 1. The van der Waals surface area contributed by atoms with Crippen molar-refractivity contribution < 1.29 is 23.1 Å². The Morgan fingerprint density at radius 2 is 1.82 bits per heavy atom. The molecule has 3 amide bonds. The molecule has 0 unspecified atom stereocenters. The molecule has 0 radical (unpaired) electrons. The standard InChI is InChI=1S/C21H22F2N2O3/c1-3-4-11-21(15-6-8-16(22)9-7-15)19(26)25(20(27)24-21)13-14-5-10-18(28-2)17(23)12-14/h5-10,12H,3-4,11,13H2,1-2H3,(H,24,27)/t21-/m1/s1. The number of urea groups is 1. The van der Waals surface area contributed by atoms with Gasteiger partial charge in [0.15, 0.2) is 11.6 Å². The lowest BCUT2D eigenvalue weighted by atomic mass is 9.84. The molecule has 1 saturated heterocycles. The minimum absolute atomic E-state index is 0.0688. The maximum atomic E-state index is 14.0. The van der Waals surface area contributed by atoms with E-state index in [9.17, 15) is 18.4 Å². The molecule has 1 aliphatic rings. The molecule has 0 saturated carbocycles. The summed E-state index contributed by atoms with van der Waals surface area (Å²) in [5.74, 6) is -1.32. The Balaban J connectivity index is 1.92. The van der Waals surface area contributed by atoms with E-state index in [0.29, 0.717) is 24.0 Å². The number of halogens is 2. The van der Waals surface area contributed by atoms with Gasteiger partial charge in [-0.3, -0.25) is 9.69 Å². The fraction of sp³-hybridized carbons (Fsp3) is 0.333. The van der Waals surface area contributed by atoms with Crippen LogP contribution in [0, 0.1) is 11.6 Å². The van der Waals surface area contributed by atoms with Crippen LogP contribution in [0.2, 0.25) is 0 Å². The maximum Gasteiger partial charge on any atom is 0.325 e. The van der Waals surface area contributed by atoms with Crippen molar-refractivity contribution in [2.75, 3.05) is 7.11 Å². The number of amides is 3. The molecule has 0 spiro atoms. The number of imide groups is 1. The van der Waals surface area contributed by atoms with Gasteiger partial charge in [-0.25, -0.2) is 13.6 Å². The predicted octanol–water partition coefficient (Wildman–Crippen LogP) is 4.11. The van der Waals surface area contributed by atoms with E-state index in [1.54, 1.807) is 6.07 Å². The lowest BCUT2D eigenvalue weighted by Crippen LogP contribution is -2.44. The van der Waals surface area contributed by atoms with Crippen LogP contribution in [-0.2, 0) is 16.9 Å². The van der Waals surface area contributed by atoms with Crippen molar-refractivity contribution in [2.45, 2.75) is 38.3 Å². The van der Waals surface area contributed by atoms with Gasteiger partial charge in [0.25, 0.3) is 5.91 Å². The Labute approximate surface area is 162 Å². The number of methoxy groups -OCH3 is 1. The van der Waals surface area contributed by atoms with Crippen LogP contribution in [0.1, 0.15) is 37.3 Å². The van der Waals surface area contributed by atoms with Gasteiger partial charge in [0.2, 0.25) is 0 Å². The molecule has 1 atom stereocenters. The third-order valence-corrected chi connectivity index (χ3v) is 4.97. The summed E-state index contributed by atoms with van der Waals surface area (Å²) in [6, 6.07) is 9.30. The average Bonchev–Trinajstić information content (AvgIpc) is 2.92. The molecule has 1 fully saturated rings. The molecule has 0 aromatic heterocycles. The van der Waals surface area contributed by atoms with Crippen molar-refractivity contribution in [3.05, 3.63) is 65.2 Å².